The summed E-state index contributed by atoms with van der Waals surface area (Å²) in [4.78, 5) is 8.83. The normalized spacial score (nSPS) is 22.1. The summed E-state index contributed by atoms with van der Waals surface area (Å²) in [6.45, 7) is 4.20. The predicted molar refractivity (Wildman–Crippen MR) is 64.1 cm³/mol. The lowest BCUT2D eigenvalue weighted by Crippen LogP contribution is -2.30. The average molecular weight is 258 g/mol. The van der Waals surface area contributed by atoms with E-state index in [1.807, 2.05) is 7.05 Å². The summed E-state index contributed by atoms with van der Waals surface area (Å²) < 4.78 is 26.4. The molecule has 1 aliphatic heterocycles. The Kier molecular flexibility index (Phi) is 3.50. The molecule has 1 aliphatic rings. The third-order valence-electron chi connectivity index (χ3n) is 3.02. The van der Waals surface area contributed by atoms with E-state index in [-0.39, 0.29) is 5.03 Å². The smallest absolute Gasteiger partial charge is 0.257 e. The number of likely N-dealkylation sites (tertiary alicyclic amines) is 1. The van der Waals surface area contributed by atoms with Gasteiger partial charge in [-0.25, -0.2) is 18.1 Å². The highest BCUT2D eigenvalue weighted by Crippen LogP contribution is 2.14. The molecule has 2 heterocycles. The maximum absolute atomic E-state index is 11.9. The third kappa shape index (κ3) is 3.05. The van der Waals surface area contributed by atoms with Crippen molar-refractivity contribution in [3.05, 3.63) is 12.0 Å². The molecule has 0 radical (unpaired) electrons. The molecule has 1 atom stereocenters. The molecular weight excluding hydrogens is 240 g/mol. The van der Waals surface area contributed by atoms with Crippen molar-refractivity contribution in [2.75, 3.05) is 26.7 Å². The number of nitrogens with zero attached hydrogens (tertiary/aromatic N) is 2. The van der Waals surface area contributed by atoms with Crippen LogP contribution in [0.3, 0.4) is 0 Å². The monoisotopic (exact) mass is 258 g/mol. The van der Waals surface area contributed by atoms with Gasteiger partial charge in [-0.3, -0.25) is 0 Å². The van der Waals surface area contributed by atoms with Crippen molar-refractivity contribution in [3.8, 4) is 0 Å². The zero-order chi connectivity index (χ0) is 12.5. The molecule has 7 heteroatoms. The van der Waals surface area contributed by atoms with E-state index in [0.717, 1.165) is 19.5 Å². The molecular formula is C10H18N4O2S. The van der Waals surface area contributed by atoms with Crippen LogP contribution in [-0.2, 0) is 10.0 Å². The Balaban J connectivity index is 1.94. The van der Waals surface area contributed by atoms with Gasteiger partial charge >= 0.3 is 0 Å². The molecule has 0 aliphatic carbocycles. The fraction of sp³-hybridized carbons (Fsp3) is 0.700. The fourth-order valence-corrected chi connectivity index (χ4v) is 3.12. The number of imidazole rings is 1. The van der Waals surface area contributed by atoms with E-state index in [1.165, 1.54) is 6.20 Å². The number of hydrogen-bond acceptors (Lipinski definition) is 4. The summed E-state index contributed by atoms with van der Waals surface area (Å²) in [5.41, 5.74) is 0. The minimum Gasteiger partial charge on any atom is -0.332 e. The number of aryl methyl sites for hydroxylation is 1. The zero-order valence-corrected chi connectivity index (χ0v) is 10.9. The molecule has 0 saturated carbocycles. The van der Waals surface area contributed by atoms with E-state index in [9.17, 15) is 8.42 Å². The fourth-order valence-electron chi connectivity index (χ4n) is 2.03. The molecule has 0 aromatic carbocycles. The highest BCUT2D eigenvalue weighted by molar-refractivity contribution is 7.89. The summed E-state index contributed by atoms with van der Waals surface area (Å²) in [6, 6.07) is 0. The van der Waals surface area contributed by atoms with Gasteiger partial charge in [0, 0.05) is 13.1 Å². The molecule has 96 valence electrons. The summed E-state index contributed by atoms with van der Waals surface area (Å²) in [6.07, 6.45) is 2.39. The Bertz CT molecular complexity index is 482. The van der Waals surface area contributed by atoms with E-state index in [2.05, 4.69) is 19.6 Å². The van der Waals surface area contributed by atoms with Crippen molar-refractivity contribution in [1.82, 2.24) is 19.6 Å². The molecule has 2 N–H and O–H groups in total. The Hall–Kier alpha value is -0.920. The first-order valence-electron chi connectivity index (χ1n) is 5.67. The lowest BCUT2D eigenvalue weighted by Gasteiger charge is -2.11. The molecule has 1 aromatic heterocycles. The van der Waals surface area contributed by atoms with Crippen LogP contribution >= 0.6 is 0 Å². The van der Waals surface area contributed by atoms with Crippen molar-refractivity contribution >= 4 is 10.0 Å². The maximum Gasteiger partial charge on any atom is 0.257 e. The maximum atomic E-state index is 11.9. The summed E-state index contributed by atoms with van der Waals surface area (Å²) in [5.74, 6) is 1.00. The number of rotatable bonds is 4. The van der Waals surface area contributed by atoms with Gasteiger partial charge in [-0.1, -0.05) is 0 Å². The van der Waals surface area contributed by atoms with Crippen molar-refractivity contribution in [3.63, 3.8) is 0 Å². The molecule has 1 aromatic rings. The molecule has 1 fully saturated rings. The Labute approximate surface area is 101 Å². The number of aromatic amines is 1. The van der Waals surface area contributed by atoms with E-state index in [0.29, 0.717) is 18.3 Å². The molecule has 0 bridgehead atoms. The number of H-pyrrole nitrogens is 1. The SMILES string of the molecule is Cc1ncc(S(=O)(=O)NCC2CCN(C)C2)[nH]1. The van der Waals surface area contributed by atoms with Crippen LogP contribution in [0, 0.1) is 12.8 Å². The summed E-state index contributed by atoms with van der Waals surface area (Å²) >= 11 is 0. The van der Waals surface area contributed by atoms with Gasteiger partial charge in [-0.05, 0) is 32.9 Å². The van der Waals surface area contributed by atoms with Crippen LogP contribution in [0.1, 0.15) is 12.2 Å². The van der Waals surface area contributed by atoms with Crippen LogP contribution in [0.2, 0.25) is 0 Å². The second kappa shape index (κ2) is 4.75. The lowest BCUT2D eigenvalue weighted by atomic mass is 10.1. The van der Waals surface area contributed by atoms with Gasteiger partial charge in [-0.2, -0.15) is 0 Å². The van der Waals surface area contributed by atoms with E-state index >= 15 is 0 Å². The van der Waals surface area contributed by atoms with Crippen LogP contribution in [0.25, 0.3) is 0 Å². The van der Waals surface area contributed by atoms with Crippen LogP contribution in [0.5, 0.6) is 0 Å². The van der Waals surface area contributed by atoms with Crippen LogP contribution in [0.4, 0.5) is 0 Å². The van der Waals surface area contributed by atoms with Crippen molar-refractivity contribution in [2.45, 2.75) is 18.4 Å². The minimum absolute atomic E-state index is 0.140. The molecule has 1 unspecified atom stereocenters. The van der Waals surface area contributed by atoms with E-state index in [1.54, 1.807) is 6.92 Å². The molecule has 0 amide bonds. The summed E-state index contributed by atoms with van der Waals surface area (Å²) in [5, 5.41) is 0.140. The first-order chi connectivity index (χ1) is 7.97. The van der Waals surface area contributed by atoms with Gasteiger partial charge in [0.05, 0.1) is 6.20 Å². The molecule has 17 heavy (non-hydrogen) atoms. The number of sulfonamides is 1. The van der Waals surface area contributed by atoms with Crippen molar-refractivity contribution in [1.29, 1.82) is 0 Å². The Morgan fingerprint density at radius 2 is 2.41 bits per heavy atom. The van der Waals surface area contributed by atoms with Gasteiger partial charge < -0.3 is 9.88 Å². The van der Waals surface area contributed by atoms with Gasteiger partial charge in [0.1, 0.15) is 5.82 Å². The largest absolute Gasteiger partial charge is 0.332 e. The Morgan fingerprint density at radius 1 is 1.65 bits per heavy atom. The second-order valence-corrected chi connectivity index (χ2v) is 6.34. The average Bonchev–Trinajstić information content (AvgIpc) is 2.85. The molecule has 0 spiro atoms. The van der Waals surface area contributed by atoms with Crippen molar-refractivity contribution < 1.29 is 8.42 Å². The number of aromatic nitrogens is 2. The molecule has 2 rings (SSSR count). The first-order valence-corrected chi connectivity index (χ1v) is 7.15. The molecule has 1 saturated heterocycles. The quantitative estimate of drug-likeness (QED) is 0.793. The highest BCUT2D eigenvalue weighted by atomic mass is 32.2. The molecule has 6 nitrogen and oxygen atoms in total. The summed E-state index contributed by atoms with van der Waals surface area (Å²) in [7, 11) is -1.38. The van der Waals surface area contributed by atoms with Crippen LogP contribution < -0.4 is 4.72 Å². The first kappa shape index (κ1) is 12.5. The minimum atomic E-state index is -3.43. The standard InChI is InChI=1S/C10H18N4O2S/c1-8-11-6-10(13-8)17(15,16)12-5-9-3-4-14(2)7-9/h6,9,12H,3-5,7H2,1-2H3,(H,11,13). The van der Waals surface area contributed by atoms with Crippen molar-refractivity contribution in [2.24, 2.45) is 5.92 Å². The Morgan fingerprint density at radius 3 is 2.94 bits per heavy atom. The zero-order valence-electron chi connectivity index (χ0n) is 10.1. The predicted octanol–water partition coefficient (Wildman–Crippen LogP) is -0.0519. The van der Waals surface area contributed by atoms with Gasteiger partial charge in [0.25, 0.3) is 10.0 Å². The number of nitrogens with one attached hydrogen (secondary N) is 2. The van der Waals surface area contributed by atoms with Gasteiger partial charge in [0.2, 0.25) is 0 Å². The van der Waals surface area contributed by atoms with Gasteiger partial charge in [-0.15, -0.1) is 0 Å². The number of hydrogen-bond donors (Lipinski definition) is 2. The van der Waals surface area contributed by atoms with Crippen LogP contribution in [0.15, 0.2) is 11.2 Å². The topological polar surface area (TPSA) is 78.1 Å². The third-order valence-corrected chi connectivity index (χ3v) is 4.35. The van der Waals surface area contributed by atoms with E-state index in [4.69, 9.17) is 0 Å². The lowest BCUT2D eigenvalue weighted by molar-refractivity contribution is 0.394. The van der Waals surface area contributed by atoms with E-state index < -0.39 is 10.0 Å². The van der Waals surface area contributed by atoms with Crippen LogP contribution in [-0.4, -0.2) is 50.0 Å². The second-order valence-electron chi connectivity index (χ2n) is 4.60. The van der Waals surface area contributed by atoms with Gasteiger partial charge in [0.15, 0.2) is 5.03 Å². The highest BCUT2D eigenvalue weighted by Gasteiger charge is 2.23.